The number of ether oxygens (including phenoxy) is 2. The van der Waals surface area contributed by atoms with Crippen LogP contribution in [0.3, 0.4) is 0 Å². The van der Waals surface area contributed by atoms with Crippen molar-refractivity contribution in [2.75, 3.05) is 36.5 Å². The molecule has 0 aliphatic rings. The highest BCUT2D eigenvalue weighted by Gasteiger charge is 2.27. The fourth-order valence-electron chi connectivity index (χ4n) is 3.21. The molecule has 3 aromatic rings. The Hall–Kier alpha value is -3.27. The molecule has 8 nitrogen and oxygen atoms in total. The molecule has 0 aliphatic carbocycles. The van der Waals surface area contributed by atoms with Gasteiger partial charge in [-0.3, -0.25) is 9.10 Å². The highest BCUT2D eigenvalue weighted by Crippen LogP contribution is 2.27. The van der Waals surface area contributed by atoms with E-state index < -0.39 is 16.1 Å². The Kier molecular flexibility index (Phi) is 8.61. The topological polar surface area (TPSA) is 96.4 Å². The lowest BCUT2D eigenvalue weighted by Gasteiger charge is -2.27. The van der Waals surface area contributed by atoms with E-state index in [0.29, 0.717) is 27.9 Å². The van der Waals surface area contributed by atoms with E-state index in [0.717, 1.165) is 4.31 Å². The van der Waals surface area contributed by atoms with E-state index in [2.05, 4.69) is 0 Å². The first kappa shape index (κ1) is 26.3. The number of anilines is 2. The molecule has 1 amide bonds. The fourth-order valence-corrected chi connectivity index (χ4v) is 4.84. The summed E-state index contributed by atoms with van der Waals surface area (Å²) in [6.07, 6.45) is -1.14. The summed E-state index contributed by atoms with van der Waals surface area (Å²) in [6, 6.07) is 19.1. The number of aliphatic hydroxyl groups excluding tert-OH is 1. The van der Waals surface area contributed by atoms with E-state index in [9.17, 15) is 18.3 Å². The van der Waals surface area contributed by atoms with E-state index >= 15 is 0 Å². The Morgan fingerprint density at radius 1 is 0.943 bits per heavy atom. The zero-order valence-corrected chi connectivity index (χ0v) is 21.2. The summed E-state index contributed by atoms with van der Waals surface area (Å²) in [5, 5.41) is 11.1. The fraction of sp³-hybridized carbons (Fsp3) is 0.240. The summed E-state index contributed by atoms with van der Waals surface area (Å²) in [4.78, 5) is 13.0. The maximum absolute atomic E-state index is 13.4. The van der Waals surface area contributed by atoms with Gasteiger partial charge in [0.2, 0.25) is 5.91 Å². The van der Waals surface area contributed by atoms with Gasteiger partial charge in [-0.05, 0) is 72.8 Å². The first-order valence-corrected chi connectivity index (χ1v) is 12.5. The number of aliphatic hydroxyl groups is 1. The van der Waals surface area contributed by atoms with Crippen molar-refractivity contribution in [2.45, 2.75) is 17.9 Å². The zero-order valence-electron chi connectivity index (χ0n) is 19.6. The SMILES string of the molecule is COc1ccc(N(CC(O)COc2ccc(N(C)C(C)=O)cc2)S(=O)(=O)c2ccc(Cl)cc2)cc1. The minimum atomic E-state index is -4.01. The number of amides is 1. The van der Waals surface area contributed by atoms with Gasteiger partial charge in [-0.2, -0.15) is 0 Å². The maximum atomic E-state index is 13.4. The molecule has 0 radical (unpaired) electrons. The molecule has 3 rings (SSSR count). The van der Waals surface area contributed by atoms with Gasteiger partial charge in [0, 0.05) is 24.7 Å². The Labute approximate surface area is 210 Å². The minimum absolute atomic E-state index is 0.0380. The monoisotopic (exact) mass is 518 g/mol. The molecular formula is C25H27ClN2O6S. The number of rotatable bonds is 10. The molecule has 0 spiro atoms. The van der Waals surface area contributed by atoms with Gasteiger partial charge in [-0.1, -0.05) is 11.6 Å². The molecule has 1 N–H and O–H groups in total. The molecule has 0 bridgehead atoms. The molecule has 35 heavy (non-hydrogen) atoms. The second-order valence-corrected chi connectivity index (χ2v) is 10.0. The van der Waals surface area contributed by atoms with Crippen LogP contribution in [-0.2, 0) is 14.8 Å². The zero-order chi connectivity index (χ0) is 25.6. The third-order valence-corrected chi connectivity index (χ3v) is 7.34. The van der Waals surface area contributed by atoms with E-state index in [1.165, 1.54) is 43.2 Å². The Morgan fingerprint density at radius 3 is 2.03 bits per heavy atom. The van der Waals surface area contributed by atoms with Crippen molar-refractivity contribution in [1.82, 2.24) is 0 Å². The van der Waals surface area contributed by atoms with Gasteiger partial charge in [-0.25, -0.2) is 8.42 Å². The van der Waals surface area contributed by atoms with E-state index in [4.69, 9.17) is 21.1 Å². The summed E-state index contributed by atoms with van der Waals surface area (Å²) in [5.74, 6) is 0.941. The van der Waals surface area contributed by atoms with Gasteiger partial charge in [-0.15, -0.1) is 0 Å². The first-order chi connectivity index (χ1) is 16.6. The molecule has 1 unspecified atom stereocenters. The van der Waals surface area contributed by atoms with Crippen molar-refractivity contribution in [2.24, 2.45) is 0 Å². The third-order valence-electron chi connectivity index (χ3n) is 5.28. The Balaban J connectivity index is 1.77. The van der Waals surface area contributed by atoms with E-state index in [-0.39, 0.29) is 24.0 Å². The van der Waals surface area contributed by atoms with Crippen LogP contribution in [0.2, 0.25) is 5.02 Å². The standard InChI is InChI=1S/C25H27ClN2O6S/c1-18(29)27(2)20-6-12-24(13-7-20)34-17-22(30)16-28(21-8-10-23(33-3)11-9-21)35(31,32)25-14-4-19(26)5-15-25/h4-15,22,30H,16-17H2,1-3H3. The number of carbonyl (C=O) groups excluding carboxylic acids is 1. The molecule has 0 saturated heterocycles. The van der Waals surface area contributed by atoms with E-state index in [1.807, 2.05) is 0 Å². The van der Waals surface area contributed by atoms with Gasteiger partial charge >= 0.3 is 0 Å². The lowest BCUT2D eigenvalue weighted by Crippen LogP contribution is -2.39. The second kappa shape index (κ2) is 11.4. The molecule has 0 aliphatic heterocycles. The molecule has 1 atom stereocenters. The van der Waals surface area contributed by atoms with Crippen LogP contribution in [0, 0.1) is 0 Å². The first-order valence-electron chi connectivity index (χ1n) is 10.7. The van der Waals surface area contributed by atoms with Crippen molar-refractivity contribution >= 4 is 38.9 Å². The summed E-state index contributed by atoms with van der Waals surface area (Å²) >= 11 is 5.92. The normalized spacial score (nSPS) is 12.0. The maximum Gasteiger partial charge on any atom is 0.264 e. The number of nitrogens with zero attached hydrogens (tertiary/aromatic N) is 2. The van der Waals surface area contributed by atoms with Crippen LogP contribution in [-0.4, -0.2) is 52.8 Å². The average molecular weight is 519 g/mol. The number of hydrogen-bond acceptors (Lipinski definition) is 6. The predicted octanol–water partition coefficient (Wildman–Crippen LogP) is 3.97. The number of carbonyl (C=O) groups is 1. The molecule has 186 valence electrons. The second-order valence-electron chi connectivity index (χ2n) is 7.72. The van der Waals surface area contributed by atoms with Gasteiger partial charge in [0.15, 0.2) is 0 Å². The summed E-state index contributed by atoms with van der Waals surface area (Å²) < 4.78 is 38.8. The molecule has 3 aromatic carbocycles. The minimum Gasteiger partial charge on any atom is -0.497 e. The summed E-state index contributed by atoms with van der Waals surface area (Å²) in [6.45, 7) is 1.07. The van der Waals surface area contributed by atoms with Crippen LogP contribution in [0.1, 0.15) is 6.92 Å². The molecular weight excluding hydrogens is 492 g/mol. The molecule has 0 aromatic heterocycles. The Morgan fingerprint density at radius 2 is 1.49 bits per heavy atom. The van der Waals surface area contributed by atoms with Crippen molar-refractivity contribution in [3.63, 3.8) is 0 Å². The number of benzene rings is 3. The lowest BCUT2D eigenvalue weighted by atomic mass is 10.2. The van der Waals surface area contributed by atoms with Gasteiger partial charge < -0.3 is 19.5 Å². The van der Waals surface area contributed by atoms with Crippen molar-refractivity contribution < 1.29 is 27.8 Å². The van der Waals surface area contributed by atoms with Crippen LogP contribution in [0.15, 0.2) is 77.7 Å². The van der Waals surface area contributed by atoms with E-state index in [1.54, 1.807) is 55.6 Å². The molecule has 0 saturated carbocycles. The van der Waals surface area contributed by atoms with Crippen LogP contribution in [0.4, 0.5) is 11.4 Å². The Bertz CT molecular complexity index is 1230. The number of hydrogen-bond donors (Lipinski definition) is 1. The number of halogens is 1. The smallest absolute Gasteiger partial charge is 0.264 e. The van der Waals surface area contributed by atoms with Gasteiger partial charge in [0.1, 0.15) is 24.2 Å². The molecule has 0 fully saturated rings. The van der Waals surface area contributed by atoms with Crippen LogP contribution >= 0.6 is 11.6 Å². The number of methoxy groups -OCH3 is 1. The summed E-state index contributed by atoms with van der Waals surface area (Å²) in [5.41, 5.74) is 1.06. The average Bonchev–Trinajstić information content (AvgIpc) is 2.86. The van der Waals surface area contributed by atoms with Gasteiger partial charge in [0.25, 0.3) is 10.0 Å². The van der Waals surface area contributed by atoms with Crippen molar-refractivity contribution in [3.05, 3.63) is 77.8 Å². The largest absolute Gasteiger partial charge is 0.497 e. The van der Waals surface area contributed by atoms with Crippen LogP contribution in [0.25, 0.3) is 0 Å². The predicted molar refractivity (Wildman–Crippen MR) is 136 cm³/mol. The molecule has 0 heterocycles. The quantitative estimate of drug-likeness (QED) is 0.436. The summed E-state index contributed by atoms with van der Waals surface area (Å²) in [7, 11) is -0.831. The highest BCUT2D eigenvalue weighted by atomic mass is 35.5. The third kappa shape index (κ3) is 6.66. The highest BCUT2D eigenvalue weighted by molar-refractivity contribution is 7.92. The van der Waals surface area contributed by atoms with Gasteiger partial charge in [0.05, 0.1) is 24.2 Å². The van der Waals surface area contributed by atoms with Crippen LogP contribution < -0.4 is 18.7 Å². The lowest BCUT2D eigenvalue weighted by molar-refractivity contribution is -0.116. The van der Waals surface area contributed by atoms with Crippen molar-refractivity contribution in [1.29, 1.82) is 0 Å². The number of sulfonamides is 1. The molecule has 10 heteroatoms. The van der Waals surface area contributed by atoms with Crippen molar-refractivity contribution in [3.8, 4) is 11.5 Å². The van der Waals surface area contributed by atoms with Crippen LogP contribution in [0.5, 0.6) is 11.5 Å².